The van der Waals surface area contributed by atoms with Gasteiger partial charge in [0.25, 0.3) is 0 Å². The quantitative estimate of drug-likeness (QED) is 0.656. The van der Waals surface area contributed by atoms with Crippen molar-refractivity contribution in [2.45, 2.75) is 71.3 Å². The first-order valence-corrected chi connectivity index (χ1v) is 6.71. The number of hydrogen-bond acceptors (Lipinski definition) is 1. The summed E-state index contributed by atoms with van der Waals surface area (Å²) in [5, 5.41) is 0. The Hall–Kier alpha value is -0.0400. The Kier molecular flexibility index (Phi) is 5.11. The van der Waals surface area contributed by atoms with Gasteiger partial charge >= 0.3 is 0 Å². The molecule has 0 spiro atoms. The van der Waals surface area contributed by atoms with Crippen LogP contribution >= 0.6 is 0 Å². The van der Waals surface area contributed by atoms with Crippen LogP contribution in [0.2, 0.25) is 0 Å². The van der Waals surface area contributed by atoms with Gasteiger partial charge < -0.3 is 4.74 Å². The largest absolute Gasteiger partial charge is 0.378 e. The number of methoxy groups -OCH3 is 1. The molecular weight excluding hydrogens is 184 g/mol. The Morgan fingerprint density at radius 3 is 2.13 bits per heavy atom. The molecule has 0 radical (unpaired) electrons. The third-order valence-corrected chi connectivity index (χ3v) is 4.43. The minimum atomic E-state index is 0.225. The molecule has 0 saturated heterocycles. The van der Waals surface area contributed by atoms with Gasteiger partial charge in [-0.15, -0.1) is 0 Å². The van der Waals surface area contributed by atoms with Crippen LogP contribution < -0.4 is 0 Å². The molecule has 0 bridgehead atoms. The van der Waals surface area contributed by atoms with Crippen molar-refractivity contribution in [1.29, 1.82) is 0 Å². The van der Waals surface area contributed by atoms with E-state index in [1.807, 2.05) is 7.11 Å². The van der Waals surface area contributed by atoms with Crippen molar-refractivity contribution < 1.29 is 4.74 Å². The Morgan fingerprint density at radius 1 is 1.20 bits per heavy atom. The molecule has 1 aliphatic carbocycles. The van der Waals surface area contributed by atoms with Crippen LogP contribution in [0.1, 0.15) is 65.7 Å². The predicted octanol–water partition coefficient (Wildman–Crippen LogP) is 4.41. The SMILES string of the molecule is CCC(CC)CC1(OC)CCC(C)CC1. The molecule has 90 valence electrons. The van der Waals surface area contributed by atoms with E-state index in [1.54, 1.807) is 0 Å². The van der Waals surface area contributed by atoms with E-state index in [2.05, 4.69) is 20.8 Å². The average Bonchev–Trinajstić information content (AvgIpc) is 2.29. The summed E-state index contributed by atoms with van der Waals surface area (Å²) in [7, 11) is 1.92. The third kappa shape index (κ3) is 3.48. The fourth-order valence-electron chi connectivity index (χ4n) is 2.88. The van der Waals surface area contributed by atoms with Crippen LogP contribution in [0.5, 0.6) is 0 Å². The highest BCUT2D eigenvalue weighted by Gasteiger charge is 2.35. The summed E-state index contributed by atoms with van der Waals surface area (Å²) in [5.74, 6) is 1.77. The molecule has 1 heteroatoms. The lowest BCUT2D eigenvalue weighted by molar-refractivity contribution is -0.0647. The first-order valence-electron chi connectivity index (χ1n) is 6.71. The highest BCUT2D eigenvalue weighted by atomic mass is 16.5. The van der Waals surface area contributed by atoms with Crippen molar-refractivity contribution in [1.82, 2.24) is 0 Å². The molecular formula is C14H28O. The van der Waals surface area contributed by atoms with Crippen LogP contribution in [-0.2, 0) is 4.74 Å². The van der Waals surface area contributed by atoms with Crippen molar-refractivity contribution in [2.24, 2.45) is 11.8 Å². The van der Waals surface area contributed by atoms with Gasteiger partial charge in [-0.1, -0.05) is 33.6 Å². The van der Waals surface area contributed by atoms with Crippen LogP contribution in [0.25, 0.3) is 0 Å². The second-order valence-electron chi connectivity index (χ2n) is 5.46. The standard InChI is InChI=1S/C14H28O/c1-5-13(6-2)11-14(15-4)9-7-12(3)8-10-14/h12-13H,5-11H2,1-4H3. The molecule has 0 amide bonds. The highest BCUT2D eigenvalue weighted by Crippen LogP contribution is 2.39. The molecule has 0 N–H and O–H groups in total. The molecule has 0 aromatic heterocycles. The molecule has 1 fully saturated rings. The molecule has 15 heavy (non-hydrogen) atoms. The van der Waals surface area contributed by atoms with E-state index >= 15 is 0 Å². The van der Waals surface area contributed by atoms with Gasteiger partial charge in [-0.2, -0.15) is 0 Å². The van der Waals surface area contributed by atoms with E-state index in [0.717, 1.165) is 11.8 Å². The molecule has 0 aromatic carbocycles. The van der Waals surface area contributed by atoms with Crippen LogP contribution in [0.3, 0.4) is 0 Å². The summed E-state index contributed by atoms with van der Waals surface area (Å²) in [4.78, 5) is 0. The van der Waals surface area contributed by atoms with E-state index in [4.69, 9.17) is 4.74 Å². The Balaban J connectivity index is 2.52. The van der Waals surface area contributed by atoms with Crippen LogP contribution in [-0.4, -0.2) is 12.7 Å². The van der Waals surface area contributed by atoms with Gasteiger partial charge in [0.05, 0.1) is 5.60 Å². The number of rotatable bonds is 5. The lowest BCUT2D eigenvalue weighted by Crippen LogP contribution is -2.37. The van der Waals surface area contributed by atoms with Gasteiger partial charge in [0.1, 0.15) is 0 Å². The zero-order chi connectivity index (χ0) is 11.3. The molecule has 0 atom stereocenters. The summed E-state index contributed by atoms with van der Waals surface area (Å²) >= 11 is 0. The maximum absolute atomic E-state index is 5.86. The van der Waals surface area contributed by atoms with Crippen molar-refractivity contribution in [3.8, 4) is 0 Å². The summed E-state index contributed by atoms with van der Waals surface area (Å²) in [5.41, 5.74) is 0.225. The zero-order valence-electron chi connectivity index (χ0n) is 11.0. The minimum absolute atomic E-state index is 0.225. The monoisotopic (exact) mass is 212 g/mol. The molecule has 0 aliphatic heterocycles. The second-order valence-corrected chi connectivity index (χ2v) is 5.46. The molecule has 1 saturated carbocycles. The van der Waals surface area contributed by atoms with Crippen molar-refractivity contribution in [3.63, 3.8) is 0 Å². The average molecular weight is 212 g/mol. The molecule has 1 rings (SSSR count). The van der Waals surface area contributed by atoms with E-state index in [1.165, 1.54) is 44.9 Å². The summed E-state index contributed by atoms with van der Waals surface area (Å²) in [6, 6.07) is 0. The maximum atomic E-state index is 5.86. The Bertz CT molecular complexity index is 164. The van der Waals surface area contributed by atoms with Crippen LogP contribution in [0, 0.1) is 11.8 Å². The van der Waals surface area contributed by atoms with Gasteiger partial charge in [0.15, 0.2) is 0 Å². The molecule has 0 aromatic rings. The topological polar surface area (TPSA) is 9.23 Å². The van der Waals surface area contributed by atoms with Crippen molar-refractivity contribution >= 4 is 0 Å². The van der Waals surface area contributed by atoms with E-state index in [9.17, 15) is 0 Å². The Morgan fingerprint density at radius 2 is 1.73 bits per heavy atom. The fraction of sp³-hybridized carbons (Fsp3) is 1.00. The maximum Gasteiger partial charge on any atom is 0.0681 e. The second kappa shape index (κ2) is 5.89. The predicted molar refractivity (Wildman–Crippen MR) is 66.1 cm³/mol. The third-order valence-electron chi connectivity index (χ3n) is 4.43. The van der Waals surface area contributed by atoms with Gasteiger partial charge in [-0.3, -0.25) is 0 Å². The number of ether oxygens (including phenoxy) is 1. The van der Waals surface area contributed by atoms with E-state index in [0.29, 0.717) is 0 Å². The van der Waals surface area contributed by atoms with Gasteiger partial charge in [-0.05, 0) is 43.9 Å². The van der Waals surface area contributed by atoms with E-state index in [-0.39, 0.29) is 5.60 Å². The molecule has 1 nitrogen and oxygen atoms in total. The fourth-order valence-corrected chi connectivity index (χ4v) is 2.88. The smallest absolute Gasteiger partial charge is 0.0681 e. The first-order chi connectivity index (χ1) is 7.15. The normalized spacial score (nSPS) is 32.2. The minimum Gasteiger partial charge on any atom is -0.378 e. The van der Waals surface area contributed by atoms with E-state index < -0.39 is 0 Å². The first kappa shape index (κ1) is 13.0. The number of hydrogen-bond donors (Lipinski definition) is 0. The van der Waals surface area contributed by atoms with Crippen molar-refractivity contribution in [2.75, 3.05) is 7.11 Å². The molecule has 1 aliphatic rings. The van der Waals surface area contributed by atoms with Crippen LogP contribution in [0.15, 0.2) is 0 Å². The van der Waals surface area contributed by atoms with Gasteiger partial charge in [-0.25, -0.2) is 0 Å². The zero-order valence-corrected chi connectivity index (χ0v) is 11.0. The highest BCUT2D eigenvalue weighted by molar-refractivity contribution is 4.87. The lowest BCUT2D eigenvalue weighted by Gasteiger charge is -2.40. The lowest BCUT2D eigenvalue weighted by atomic mass is 9.74. The summed E-state index contributed by atoms with van der Waals surface area (Å²) in [6.07, 6.45) is 9.15. The van der Waals surface area contributed by atoms with Gasteiger partial charge in [0, 0.05) is 7.11 Å². The van der Waals surface area contributed by atoms with Gasteiger partial charge in [0.2, 0.25) is 0 Å². The Labute approximate surface area is 95.6 Å². The van der Waals surface area contributed by atoms with Crippen molar-refractivity contribution in [3.05, 3.63) is 0 Å². The summed E-state index contributed by atoms with van der Waals surface area (Å²) < 4.78 is 5.86. The molecule has 0 unspecified atom stereocenters. The summed E-state index contributed by atoms with van der Waals surface area (Å²) in [6.45, 7) is 6.99. The molecule has 0 heterocycles. The van der Waals surface area contributed by atoms with Crippen LogP contribution in [0.4, 0.5) is 0 Å².